The van der Waals surface area contributed by atoms with Crippen LogP contribution in [0.15, 0.2) is 11.2 Å². The molecule has 0 aliphatic rings. The molecule has 0 saturated carbocycles. The number of thiazole rings is 1. The largest absolute Gasteiger partial charge is 0.357 e. The van der Waals surface area contributed by atoms with Crippen molar-refractivity contribution in [3.05, 3.63) is 16.1 Å². The van der Waals surface area contributed by atoms with E-state index in [0.717, 1.165) is 36.2 Å². The van der Waals surface area contributed by atoms with Crippen molar-refractivity contribution in [1.82, 2.24) is 15.6 Å². The molecule has 0 spiro atoms. The minimum atomic E-state index is 0.652. The Hall–Kier alpha value is -0.750. The Morgan fingerprint density at radius 3 is 2.89 bits per heavy atom. The first kappa shape index (κ1) is 15.3. The first-order chi connectivity index (χ1) is 8.80. The summed E-state index contributed by atoms with van der Waals surface area (Å²) in [6.45, 7) is 6.69. The summed E-state index contributed by atoms with van der Waals surface area (Å²) < 4.78 is 0. The second kappa shape index (κ2) is 9.22. The number of nitrogens with one attached hydrogen (secondary N) is 2. The molecule has 2 N–H and O–H groups in total. The van der Waals surface area contributed by atoms with Gasteiger partial charge in [-0.15, -0.1) is 11.3 Å². The van der Waals surface area contributed by atoms with Crippen LogP contribution in [0, 0.1) is 0 Å². The van der Waals surface area contributed by atoms with Crippen LogP contribution in [0.1, 0.15) is 23.7 Å². The molecule has 0 amide bonds. The molecule has 0 aliphatic carbocycles. The standard InChI is InChI=1S/C12H22N4S2/c1-4-10-8-15-11(18-10)9-16-12(13-5-2)14-6-7-17-3/h8H,4-7,9H2,1-3H3,(H2,13,14,16). The van der Waals surface area contributed by atoms with Gasteiger partial charge in [-0.05, 0) is 19.6 Å². The molecule has 1 aromatic rings. The average molecular weight is 286 g/mol. The highest BCUT2D eigenvalue weighted by molar-refractivity contribution is 7.98. The summed E-state index contributed by atoms with van der Waals surface area (Å²) in [5, 5.41) is 7.62. The van der Waals surface area contributed by atoms with Gasteiger partial charge in [0.15, 0.2) is 5.96 Å². The number of aryl methyl sites for hydroxylation is 1. The lowest BCUT2D eigenvalue weighted by Crippen LogP contribution is -2.38. The molecule has 18 heavy (non-hydrogen) atoms. The van der Waals surface area contributed by atoms with E-state index >= 15 is 0 Å². The maximum atomic E-state index is 4.54. The molecule has 6 heteroatoms. The van der Waals surface area contributed by atoms with Gasteiger partial charge < -0.3 is 10.6 Å². The SMILES string of the molecule is CCNC(=NCc1ncc(CC)s1)NCCSC. The first-order valence-electron chi connectivity index (χ1n) is 6.24. The van der Waals surface area contributed by atoms with Gasteiger partial charge in [0.1, 0.15) is 5.01 Å². The summed E-state index contributed by atoms with van der Waals surface area (Å²) in [6.07, 6.45) is 5.10. The van der Waals surface area contributed by atoms with Crippen LogP contribution >= 0.6 is 23.1 Å². The maximum Gasteiger partial charge on any atom is 0.191 e. The highest BCUT2D eigenvalue weighted by Crippen LogP contribution is 2.13. The lowest BCUT2D eigenvalue weighted by Gasteiger charge is -2.09. The Labute approximate surface area is 118 Å². The van der Waals surface area contributed by atoms with E-state index < -0.39 is 0 Å². The van der Waals surface area contributed by atoms with Crippen molar-refractivity contribution in [2.75, 3.05) is 25.1 Å². The number of hydrogen-bond acceptors (Lipinski definition) is 4. The number of aliphatic imine (C=N–C) groups is 1. The highest BCUT2D eigenvalue weighted by Gasteiger charge is 2.01. The van der Waals surface area contributed by atoms with Crippen molar-refractivity contribution < 1.29 is 0 Å². The number of rotatable bonds is 7. The van der Waals surface area contributed by atoms with Gasteiger partial charge in [0.25, 0.3) is 0 Å². The lowest BCUT2D eigenvalue weighted by atomic mass is 10.4. The summed E-state index contributed by atoms with van der Waals surface area (Å²) in [6, 6.07) is 0. The normalized spacial score (nSPS) is 11.6. The molecule has 0 aliphatic heterocycles. The van der Waals surface area contributed by atoms with E-state index in [1.165, 1.54) is 4.88 Å². The van der Waals surface area contributed by atoms with Gasteiger partial charge in [-0.3, -0.25) is 0 Å². The second-order valence-corrected chi connectivity index (χ2v) is 5.87. The Balaban J connectivity index is 2.47. The van der Waals surface area contributed by atoms with Gasteiger partial charge in [-0.2, -0.15) is 11.8 Å². The van der Waals surface area contributed by atoms with E-state index in [0.29, 0.717) is 6.54 Å². The smallest absolute Gasteiger partial charge is 0.191 e. The highest BCUT2D eigenvalue weighted by atomic mass is 32.2. The molecule has 0 atom stereocenters. The fourth-order valence-corrected chi connectivity index (χ4v) is 2.44. The third-order valence-corrected chi connectivity index (χ3v) is 4.00. The molecule has 1 aromatic heterocycles. The van der Waals surface area contributed by atoms with E-state index in [-0.39, 0.29) is 0 Å². The molecule has 0 fully saturated rings. The molecule has 1 rings (SSSR count). The van der Waals surface area contributed by atoms with Gasteiger partial charge in [0.2, 0.25) is 0 Å². The van der Waals surface area contributed by atoms with Crippen molar-refractivity contribution >= 4 is 29.1 Å². The molecule has 0 aromatic carbocycles. The Morgan fingerprint density at radius 2 is 2.28 bits per heavy atom. The Bertz CT molecular complexity index is 363. The monoisotopic (exact) mass is 286 g/mol. The molecular weight excluding hydrogens is 264 g/mol. The molecule has 102 valence electrons. The third kappa shape index (κ3) is 5.73. The zero-order valence-corrected chi connectivity index (χ0v) is 13.0. The van der Waals surface area contributed by atoms with Crippen LogP contribution in [0.5, 0.6) is 0 Å². The topological polar surface area (TPSA) is 49.3 Å². The summed E-state index contributed by atoms with van der Waals surface area (Å²) in [4.78, 5) is 10.2. The molecule has 4 nitrogen and oxygen atoms in total. The van der Waals surface area contributed by atoms with Crippen LogP contribution < -0.4 is 10.6 Å². The van der Waals surface area contributed by atoms with Crippen molar-refractivity contribution in [3.8, 4) is 0 Å². The summed E-state index contributed by atoms with van der Waals surface area (Å²) in [5.41, 5.74) is 0. The molecule has 1 heterocycles. The molecule has 0 saturated heterocycles. The van der Waals surface area contributed by atoms with Crippen molar-refractivity contribution in [3.63, 3.8) is 0 Å². The van der Waals surface area contributed by atoms with E-state index in [9.17, 15) is 0 Å². The molecule has 0 radical (unpaired) electrons. The summed E-state index contributed by atoms with van der Waals surface area (Å²) in [5.74, 6) is 1.96. The molecule has 0 unspecified atom stereocenters. The van der Waals surface area contributed by atoms with Crippen LogP contribution in [-0.2, 0) is 13.0 Å². The average Bonchev–Trinajstić information content (AvgIpc) is 2.84. The minimum Gasteiger partial charge on any atom is -0.357 e. The van der Waals surface area contributed by atoms with Gasteiger partial charge in [-0.1, -0.05) is 6.92 Å². The zero-order valence-electron chi connectivity index (χ0n) is 11.3. The Kier molecular flexibility index (Phi) is 7.84. The van der Waals surface area contributed by atoms with Crippen molar-refractivity contribution in [1.29, 1.82) is 0 Å². The van der Waals surface area contributed by atoms with Crippen molar-refractivity contribution in [2.45, 2.75) is 26.8 Å². The number of hydrogen-bond donors (Lipinski definition) is 2. The van der Waals surface area contributed by atoms with Gasteiger partial charge in [-0.25, -0.2) is 9.98 Å². The Morgan fingerprint density at radius 1 is 1.44 bits per heavy atom. The molecule has 0 bridgehead atoms. The van der Waals surface area contributed by atoms with E-state index in [1.807, 2.05) is 18.0 Å². The van der Waals surface area contributed by atoms with Crippen LogP contribution in [0.4, 0.5) is 0 Å². The number of nitrogens with zero attached hydrogens (tertiary/aromatic N) is 2. The third-order valence-electron chi connectivity index (χ3n) is 2.27. The summed E-state index contributed by atoms with van der Waals surface area (Å²) in [7, 11) is 0. The van der Waals surface area contributed by atoms with Gasteiger partial charge in [0, 0.05) is 29.9 Å². The lowest BCUT2D eigenvalue weighted by molar-refractivity contribution is 0.841. The maximum absolute atomic E-state index is 4.54. The van der Waals surface area contributed by atoms with Gasteiger partial charge in [0.05, 0.1) is 6.54 Å². The van der Waals surface area contributed by atoms with E-state index in [1.54, 1.807) is 11.3 Å². The van der Waals surface area contributed by atoms with Crippen molar-refractivity contribution in [2.24, 2.45) is 4.99 Å². The predicted octanol–water partition coefficient (Wildman–Crippen LogP) is 2.12. The van der Waals surface area contributed by atoms with Crippen LogP contribution in [-0.4, -0.2) is 36.0 Å². The summed E-state index contributed by atoms with van der Waals surface area (Å²) >= 11 is 3.57. The van der Waals surface area contributed by atoms with Gasteiger partial charge >= 0.3 is 0 Å². The quantitative estimate of drug-likeness (QED) is 0.458. The molecular formula is C12H22N4S2. The van der Waals surface area contributed by atoms with E-state index in [2.05, 4.69) is 40.7 Å². The fourth-order valence-electron chi connectivity index (χ4n) is 1.34. The number of guanidine groups is 1. The number of thioether (sulfide) groups is 1. The van der Waals surface area contributed by atoms with Crippen LogP contribution in [0.2, 0.25) is 0 Å². The van der Waals surface area contributed by atoms with Crippen LogP contribution in [0.3, 0.4) is 0 Å². The zero-order chi connectivity index (χ0) is 13.2. The first-order valence-corrected chi connectivity index (χ1v) is 8.45. The fraction of sp³-hybridized carbons (Fsp3) is 0.667. The number of aromatic nitrogens is 1. The van der Waals surface area contributed by atoms with E-state index in [4.69, 9.17) is 0 Å². The second-order valence-electron chi connectivity index (χ2n) is 3.69. The minimum absolute atomic E-state index is 0.652. The predicted molar refractivity (Wildman–Crippen MR) is 82.7 cm³/mol. The van der Waals surface area contributed by atoms with Crippen LogP contribution in [0.25, 0.3) is 0 Å².